The van der Waals surface area contributed by atoms with Crippen LogP contribution in [0.15, 0.2) is 18.2 Å². The Morgan fingerprint density at radius 1 is 1.35 bits per heavy atom. The van der Waals surface area contributed by atoms with Crippen LogP contribution in [0.2, 0.25) is 0 Å². The smallest absolute Gasteiger partial charge is 0.187 e. The maximum atomic E-state index is 11.2. The zero-order valence-electron chi connectivity index (χ0n) is 10.9. The zero-order chi connectivity index (χ0) is 14.9. The highest BCUT2D eigenvalue weighted by Crippen LogP contribution is 2.26. The second kappa shape index (κ2) is 6.02. The molecule has 2 rings (SSSR count). The molecule has 1 heterocycles. The fourth-order valence-corrected chi connectivity index (χ4v) is 2.13. The highest BCUT2D eigenvalue weighted by Gasteiger charge is 2.42. The minimum atomic E-state index is -1.25. The van der Waals surface area contributed by atoms with E-state index in [9.17, 15) is 15.4 Å². The first-order valence-corrected chi connectivity index (χ1v) is 6.17. The molecule has 0 amide bonds. The lowest BCUT2D eigenvalue weighted by atomic mass is 10.1. The monoisotopic (exact) mass is 286 g/mol. The first-order valence-electron chi connectivity index (χ1n) is 6.17. The van der Waals surface area contributed by atoms with E-state index in [0.717, 1.165) is 5.56 Å². The number of anilines is 1. The molecule has 0 saturated carbocycles. The molecule has 1 unspecified atom stereocenters. The predicted octanol–water partition coefficient (Wildman–Crippen LogP) is -1.75. The van der Waals surface area contributed by atoms with Gasteiger partial charge in [0.15, 0.2) is 11.9 Å². The Hall–Kier alpha value is -1.26. The van der Waals surface area contributed by atoms with Gasteiger partial charge in [0.2, 0.25) is 0 Å². The van der Waals surface area contributed by atoms with Gasteiger partial charge >= 0.3 is 0 Å². The predicted molar refractivity (Wildman–Crippen MR) is 68.3 cm³/mol. The van der Waals surface area contributed by atoms with Gasteiger partial charge in [-0.3, -0.25) is 0 Å². The number of aryl methyl sites for hydroxylation is 1. The van der Waals surface area contributed by atoms with Crippen LogP contribution in [0.5, 0.6) is 0 Å². The molecule has 1 fully saturated rings. The van der Waals surface area contributed by atoms with Crippen LogP contribution >= 0.6 is 0 Å². The van der Waals surface area contributed by atoms with Gasteiger partial charge in [-0.25, -0.2) is 5.21 Å². The largest absolute Gasteiger partial charge is 0.595 e. The third kappa shape index (κ3) is 2.91. The van der Waals surface area contributed by atoms with E-state index in [1.54, 1.807) is 19.1 Å². The molecule has 0 spiro atoms. The van der Waals surface area contributed by atoms with E-state index in [1.165, 1.54) is 6.07 Å². The second-order valence-electron chi connectivity index (χ2n) is 4.76. The molecule has 1 aromatic rings. The molecule has 1 saturated heterocycles. The molecule has 8 nitrogen and oxygen atoms in total. The summed E-state index contributed by atoms with van der Waals surface area (Å²) in [7, 11) is 0. The van der Waals surface area contributed by atoms with Crippen molar-refractivity contribution in [3.63, 3.8) is 0 Å². The van der Waals surface area contributed by atoms with Gasteiger partial charge < -0.3 is 30.6 Å². The molecule has 0 radical (unpaired) electrons. The standard InChI is InChI=1S/C12H18N2O6/c1-6-2-3-7(8(4-6)14(18)19)13-12-11(17)10(16)9(5-15)20-12/h2-4,9-18H,5H2,1H3/t9-,10-,11-,12+/m1/s1. The van der Waals surface area contributed by atoms with E-state index < -0.39 is 36.4 Å². The van der Waals surface area contributed by atoms with E-state index >= 15 is 0 Å². The van der Waals surface area contributed by atoms with Crippen LogP contribution in [0.25, 0.3) is 0 Å². The van der Waals surface area contributed by atoms with Gasteiger partial charge in [-0.05, 0) is 18.6 Å². The first-order chi connectivity index (χ1) is 9.43. The fourth-order valence-electron chi connectivity index (χ4n) is 2.13. The molecule has 8 heteroatoms. The molecule has 20 heavy (non-hydrogen) atoms. The van der Waals surface area contributed by atoms with Crippen molar-refractivity contribution >= 4 is 11.4 Å². The van der Waals surface area contributed by atoms with Crippen molar-refractivity contribution in [3.8, 4) is 0 Å². The Morgan fingerprint density at radius 3 is 2.60 bits per heavy atom. The number of ether oxygens (including phenoxy) is 1. The van der Waals surface area contributed by atoms with Crippen molar-refractivity contribution in [1.82, 2.24) is 0 Å². The van der Waals surface area contributed by atoms with E-state index in [4.69, 9.17) is 15.1 Å². The average Bonchev–Trinajstić information content (AvgIpc) is 2.68. The summed E-state index contributed by atoms with van der Waals surface area (Å²) in [6, 6.07) is 4.77. The number of aliphatic hydroxyl groups is 3. The van der Waals surface area contributed by atoms with Gasteiger partial charge in [0.1, 0.15) is 24.0 Å². The lowest BCUT2D eigenvalue weighted by Gasteiger charge is -2.21. The van der Waals surface area contributed by atoms with Gasteiger partial charge in [0.25, 0.3) is 0 Å². The van der Waals surface area contributed by atoms with Gasteiger partial charge in [-0.1, -0.05) is 6.07 Å². The summed E-state index contributed by atoms with van der Waals surface area (Å²) in [6.07, 6.45) is -4.37. The maximum absolute atomic E-state index is 11.2. The summed E-state index contributed by atoms with van der Waals surface area (Å²) in [5, 5.41) is 50.4. The molecule has 0 aromatic heterocycles. The normalized spacial score (nSPS) is 31.3. The molecular formula is C12H18N2O6. The molecule has 1 aromatic carbocycles. The Balaban J connectivity index is 2.18. The van der Waals surface area contributed by atoms with Crippen LogP contribution in [0, 0.1) is 12.1 Å². The second-order valence-corrected chi connectivity index (χ2v) is 4.76. The number of hydrogen-bond acceptors (Lipinski definition) is 7. The Kier molecular flexibility index (Phi) is 4.55. The molecule has 6 N–H and O–H groups in total. The van der Waals surface area contributed by atoms with Crippen LogP contribution in [0.3, 0.4) is 0 Å². The average molecular weight is 286 g/mol. The maximum Gasteiger partial charge on any atom is 0.187 e. The Morgan fingerprint density at radius 2 is 2.05 bits per heavy atom. The molecule has 0 bridgehead atoms. The molecule has 1 aliphatic rings. The van der Waals surface area contributed by atoms with Crippen molar-refractivity contribution < 1.29 is 30.5 Å². The Labute approximate surface area is 115 Å². The highest BCUT2D eigenvalue weighted by atomic mass is 16.8. The lowest BCUT2D eigenvalue weighted by molar-refractivity contribution is -0.990. The van der Waals surface area contributed by atoms with E-state index in [-0.39, 0.29) is 11.4 Å². The molecule has 0 aliphatic carbocycles. The minimum Gasteiger partial charge on any atom is -0.595 e. The summed E-state index contributed by atoms with van der Waals surface area (Å²) >= 11 is 0. The summed E-state index contributed by atoms with van der Waals surface area (Å²) < 4.78 is 5.25. The number of nitrogens with one attached hydrogen (secondary N) is 2. The number of hydrogen-bond donors (Lipinski definition) is 6. The highest BCUT2D eigenvalue weighted by molar-refractivity contribution is 5.62. The summed E-state index contributed by atoms with van der Waals surface area (Å²) in [4.78, 5) is 0. The first kappa shape index (κ1) is 15.1. The van der Waals surface area contributed by atoms with Crippen LogP contribution < -0.4 is 10.5 Å². The molecule has 1 aliphatic heterocycles. The van der Waals surface area contributed by atoms with Crippen molar-refractivity contribution in [2.45, 2.75) is 31.5 Å². The summed E-state index contributed by atoms with van der Waals surface area (Å²) in [5.41, 5.74) is 1.11. The van der Waals surface area contributed by atoms with E-state index in [1.807, 2.05) is 0 Å². The fraction of sp³-hybridized carbons (Fsp3) is 0.500. The number of quaternary nitrogens is 1. The summed E-state index contributed by atoms with van der Waals surface area (Å²) in [6.45, 7) is 1.33. The summed E-state index contributed by atoms with van der Waals surface area (Å²) in [5.74, 6) is 0. The number of aliphatic hydroxyl groups excluding tert-OH is 3. The topological polar surface area (TPSA) is 130 Å². The van der Waals surface area contributed by atoms with Crippen LogP contribution in [0.4, 0.5) is 11.4 Å². The molecular weight excluding hydrogens is 268 g/mol. The minimum absolute atomic E-state index is 0.0442. The Bertz CT molecular complexity index is 469. The van der Waals surface area contributed by atoms with Crippen molar-refractivity contribution in [2.75, 3.05) is 11.9 Å². The lowest BCUT2D eigenvalue weighted by Crippen LogP contribution is -2.99. The van der Waals surface area contributed by atoms with Crippen molar-refractivity contribution in [2.24, 2.45) is 0 Å². The van der Waals surface area contributed by atoms with Crippen molar-refractivity contribution in [3.05, 3.63) is 29.0 Å². The quantitative estimate of drug-likeness (QED) is 0.362. The molecule has 112 valence electrons. The van der Waals surface area contributed by atoms with E-state index in [0.29, 0.717) is 0 Å². The number of rotatable bonds is 4. The van der Waals surface area contributed by atoms with Gasteiger partial charge in [-0.15, -0.1) is 0 Å². The van der Waals surface area contributed by atoms with Crippen molar-refractivity contribution in [1.29, 1.82) is 0 Å². The van der Waals surface area contributed by atoms with E-state index in [2.05, 4.69) is 5.32 Å². The van der Waals surface area contributed by atoms with Gasteiger partial charge in [-0.2, -0.15) is 5.23 Å². The molecule has 5 atom stereocenters. The van der Waals surface area contributed by atoms with Gasteiger partial charge in [0, 0.05) is 6.07 Å². The third-order valence-corrected chi connectivity index (χ3v) is 3.25. The third-order valence-electron chi connectivity index (χ3n) is 3.25. The van der Waals surface area contributed by atoms with Gasteiger partial charge in [0.05, 0.1) is 6.61 Å². The van der Waals surface area contributed by atoms with Crippen LogP contribution in [-0.4, -0.2) is 51.7 Å². The SMILES string of the molecule is Cc1ccc(N[C@H]2O[C@H](CO)[C@@H](O)[C@H]2O)c([NH+]([O-])O)c1. The van der Waals surface area contributed by atoms with Crippen LogP contribution in [-0.2, 0) is 4.74 Å². The number of benzene rings is 1. The van der Waals surface area contributed by atoms with Crippen LogP contribution in [0.1, 0.15) is 5.56 Å². The zero-order valence-corrected chi connectivity index (χ0v) is 10.9.